The van der Waals surface area contributed by atoms with Gasteiger partial charge in [0.2, 0.25) is 0 Å². The summed E-state index contributed by atoms with van der Waals surface area (Å²) >= 11 is 1.29. The zero-order valence-electron chi connectivity index (χ0n) is 13.9. The molecule has 0 aromatic carbocycles. The number of aromatic nitrogens is 1. The van der Waals surface area contributed by atoms with E-state index in [4.69, 9.17) is 15.2 Å². The topological polar surface area (TPSA) is 91.5 Å². The largest absolute Gasteiger partial charge is 0.465 e. The number of hydrogen-bond donors (Lipinski definition) is 1. The van der Waals surface area contributed by atoms with Gasteiger partial charge in [-0.2, -0.15) is 0 Å². The average Bonchev–Trinajstić information content (AvgIpc) is 3.03. The van der Waals surface area contributed by atoms with Crippen LogP contribution in [0.25, 0.3) is 0 Å². The van der Waals surface area contributed by atoms with Crippen molar-refractivity contribution in [1.29, 1.82) is 0 Å². The summed E-state index contributed by atoms with van der Waals surface area (Å²) in [5, 5.41) is 2.19. The van der Waals surface area contributed by atoms with Crippen LogP contribution in [-0.2, 0) is 24.7 Å². The number of anilines is 1. The molecule has 2 atom stereocenters. The zero-order valence-corrected chi connectivity index (χ0v) is 14.7. The van der Waals surface area contributed by atoms with Gasteiger partial charge in [0.1, 0.15) is 0 Å². The number of unbranched alkanes of at least 4 members (excludes halogenated alkanes) is 2. The van der Waals surface area contributed by atoms with Crippen LogP contribution >= 0.6 is 11.3 Å². The Balaban J connectivity index is 2.31. The number of nitrogens with two attached hydrogens (primary N) is 1. The summed E-state index contributed by atoms with van der Waals surface area (Å²) in [4.78, 5) is 29.4. The van der Waals surface area contributed by atoms with Crippen molar-refractivity contribution in [2.45, 2.75) is 58.5 Å². The standard InChI is InChI=1S/C16H24N2O4S/c1-4-6-7-8-16(12(19)21-5-2)10-15(3,22-13(16)20)11-9-23-14(17)18-11/h9H,4-8,10H2,1-3H3,(H2,17,18). The zero-order chi connectivity index (χ0) is 17.1. The summed E-state index contributed by atoms with van der Waals surface area (Å²) in [7, 11) is 0. The number of carbonyl (C=O) groups excluding carboxylic acids is 2. The van der Waals surface area contributed by atoms with Gasteiger partial charge in [-0.05, 0) is 20.3 Å². The third kappa shape index (κ3) is 3.34. The number of esters is 2. The van der Waals surface area contributed by atoms with Crippen molar-refractivity contribution in [3.8, 4) is 0 Å². The fourth-order valence-corrected chi connectivity index (χ4v) is 3.74. The molecule has 0 aliphatic carbocycles. The lowest BCUT2D eigenvalue weighted by atomic mass is 9.76. The number of rotatable bonds is 7. The molecule has 2 unspecified atom stereocenters. The Hall–Kier alpha value is -1.63. The number of hydrogen-bond acceptors (Lipinski definition) is 7. The van der Waals surface area contributed by atoms with E-state index < -0.39 is 23.0 Å². The Morgan fingerprint density at radius 2 is 2.22 bits per heavy atom. The molecule has 2 N–H and O–H groups in total. The molecule has 23 heavy (non-hydrogen) atoms. The lowest BCUT2D eigenvalue weighted by molar-refractivity contribution is -0.166. The van der Waals surface area contributed by atoms with Crippen molar-refractivity contribution in [3.63, 3.8) is 0 Å². The Bertz CT molecular complexity index is 588. The van der Waals surface area contributed by atoms with E-state index in [-0.39, 0.29) is 13.0 Å². The van der Waals surface area contributed by atoms with Crippen LogP contribution in [0.15, 0.2) is 5.38 Å². The molecule has 1 fully saturated rings. The lowest BCUT2D eigenvalue weighted by Crippen LogP contribution is -2.38. The average molecular weight is 340 g/mol. The molecule has 1 aromatic heterocycles. The monoisotopic (exact) mass is 340 g/mol. The number of cyclic esters (lactones) is 1. The van der Waals surface area contributed by atoms with E-state index >= 15 is 0 Å². The Morgan fingerprint density at radius 1 is 1.48 bits per heavy atom. The molecule has 1 aliphatic rings. The first kappa shape index (κ1) is 17.7. The summed E-state index contributed by atoms with van der Waals surface area (Å²) < 4.78 is 10.8. The van der Waals surface area contributed by atoms with Gasteiger partial charge < -0.3 is 15.2 Å². The molecule has 1 saturated heterocycles. The van der Waals surface area contributed by atoms with Crippen molar-refractivity contribution in [2.75, 3.05) is 12.3 Å². The van der Waals surface area contributed by atoms with E-state index in [2.05, 4.69) is 11.9 Å². The number of nitrogens with zero attached hydrogens (tertiary/aromatic N) is 1. The highest BCUT2D eigenvalue weighted by atomic mass is 32.1. The first-order valence-corrected chi connectivity index (χ1v) is 8.88. The van der Waals surface area contributed by atoms with Gasteiger partial charge in [-0.3, -0.25) is 9.59 Å². The van der Waals surface area contributed by atoms with E-state index in [9.17, 15) is 9.59 Å². The van der Waals surface area contributed by atoms with Gasteiger partial charge in [-0.15, -0.1) is 11.3 Å². The third-order valence-electron chi connectivity index (χ3n) is 4.28. The number of ether oxygens (including phenoxy) is 2. The van der Waals surface area contributed by atoms with Crippen LogP contribution in [0.4, 0.5) is 5.13 Å². The van der Waals surface area contributed by atoms with Gasteiger partial charge in [0.15, 0.2) is 16.1 Å². The van der Waals surface area contributed by atoms with Crippen LogP contribution in [0, 0.1) is 5.41 Å². The van der Waals surface area contributed by atoms with Gasteiger partial charge in [-0.1, -0.05) is 26.2 Å². The van der Waals surface area contributed by atoms with Gasteiger partial charge in [0, 0.05) is 11.8 Å². The first-order valence-electron chi connectivity index (χ1n) is 8.00. The Kier molecular flexibility index (Phi) is 5.29. The van der Waals surface area contributed by atoms with Gasteiger partial charge in [-0.25, -0.2) is 4.98 Å². The van der Waals surface area contributed by atoms with Gasteiger partial charge in [0.05, 0.1) is 12.3 Å². The van der Waals surface area contributed by atoms with Crippen molar-refractivity contribution < 1.29 is 19.1 Å². The highest BCUT2D eigenvalue weighted by molar-refractivity contribution is 7.13. The fourth-order valence-electron chi connectivity index (χ4n) is 3.05. The van der Waals surface area contributed by atoms with E-state index in [1.807, 2.05) is 0 Å². The van der Waals surface area contributed by atoms with Crippen molar-refractivity contribution in [1.82, 2.24) is 4.98 Å². The van der Waals surface area contributed by atoms with Crippen LogP contribution < -0.4 is 5.73 Å². The molecule has 128 valence electrons. The Morgan fingerprint density at radius 3 is 2.78 bits per heavy atom. The second-order valence-electron chi connectivity index (χ2n) is 6.13. The minimum atomic E-state index is -1.24. The van der Waals surface area contributed by atoms with Crippen LogP contribution in [0.1, 0.15) is 58.6 Å². The lowest BCUT2D eigenvalue weighted by Gasteiger charge is -2.24. The molecule has 0 bridgehead atoms. The Labute approximate surface area is 140 Å². The van der Waals surface area contributed by atoms with E-state index in [1.165, 1.54) is 11.3 Å². The smallest absolute Gasteiger partial charge is 0.324 e. The molecule has 2 heterocycles. The summed E-state index contributed by atoms with van der Waals surface area (Å²) in [5.41, 5.74) is 4.10. The number of thiazole rings is 1. The molecule has 0 amide bonds. The molecule has 0 saturated carbocycles. The fraction of sp³-hybridized carbons (Fsp3) is 0.688. The molecule has 7 heteroatoms. The van der Waals surface area contributed by atoms with Crippen molar-refractivity contribution >= 4 is 28.4 Å². The molecule has 0 radical (unpaired) electrons. The van der Waals surface area contributed by atoms with E-state index in [1.54, 1.807) is 19.2 Å². The van der Waals surface area contributed by atoms with Crippen LogP contribution in [0.3, 0.4) is 0 Å². The summed E-state index contributed by atoms with van der Waals surface area (Å²) in [6, 6.07) is 0. The maximum Gasteiger partial charge on any atom is 0.324 e. The SMILES string of the molecule is CCCCCC1(C(=O)OCC)CC(C)(c2csc(N)n2)OC1=O. The summed E-state index contributed by atoms with van der Waals surface area (Å²) in [6.45, 7) is 5.83. The third-order valence-corrected chi connectivity index (χ3v) is 4.96. The summed E-state index contributed by atoms with van der Waals surface area (Å²) in [5.74, 6) is -1.01. The number of nitrogen functional groups attached to an aromatic ring is 1. The van der Waals surface area contributed by atoms with Gasteiger partial charge in [0.25, 0.3) is 0 Å². The van der Waals surface area contributed by atoms with Crippen molar-refractivity contribution in [3.05, 3.63) is 11.1 Å². The minimum absolute atomic E-state index is 0.238. The van der Waals surface area contributed by atoms with E-state index in [0.717, 1.165) is 19.3 Å². The summed E-state index contributed by atoms with van der Waals surface area (Å²) in [6.07, 6.45) is 3.42. The van der Waals surface area contributed by atoms with Gasteiger partial charge >= 0.3 is 11.9 Å². The molecule has 0 spiro atoms. The molecular formula is C16H24N2O4S. The molecule has 2 rings (SSSR count). The maximum absolute atomic E-state index is 12.6. The van der Waals surface area contributed by atoms with Crippen LogP contribution in [-0.4, -0.2) is 23.5 Å². The first-order chi connectivity index (χ1) is 10.9. The number of carbonyl (C=O) groups is 2. The predicted octanol–water partition coefficient (Wildman–Crippen LogP) is 3.02. The second kappa shape index (κ2) is 6.86. The van der Waals surface area contributed by atoms with Crippen LogP contribution in [0.2, 0.25) is 0 Å². The van der Waals surface area contributed by atoms with Crippen molar-refractivity contribution in [2.24, 2.45) is 5.41 Å². The minimum Gasteiger partial charge on any atom is -0.465 e. The normalized spacial score (nSPS) is 27.0. The molecule has 1 aromatic rings. The highest BCUT2D eigenvalue weighted by Gasteiger charge is 2.61. The highest BCUT2D eigenvalue weighted by Crippen LogP contribution is 2.50. The predicted molar refractivity (Wildman–Crippen MR) is 87.8 cm³/mol. The molecule has 1 aliphatic heterocycles. The van der Waals surface area contributed by atoms with E-state index in [0.29, 0.717) is 17.2 Å². The quantitative estimate of drug-likeness (QED) is 0.466. The van der Waals surface area contributed by atoms with Crippen LogP contribution in [0.5, 0.6) is 0 Å². The maximum atomic E-state index is 12.6. The molecule has 6 nitrogen and oxygen atoms in total. The molecular weight excluding hydrogens is 316 g/mol. The second-order valence-corrected chi connectivity index (χ2v) is 7.02.